The van der Waals surface area contributed by atoms with Crippen molar-refractivity contribution in [3.63, 3.8) is 0 Å². The van der Waals surface area contributed by atoms with Gasteiger partial charge in [0.2, 0.25) is 11.7 Å². The van der Waals surface area contributed by atoms with Gasteiger partial charge in [-0.15, -0.1) is 6.58 Å². The number of aliphatic hydroxyl groups is 2. The summed E-state index contributed by atoms with van der Waals surface area (Å²) in [5, 5.41) is 27.2. The Balaban J connectivity index is 1.37. The molecular weight excluding hydrogens is 868 g/mol. The van der Waals surface area contributed by atoms with Gasteiger partial charge in [0.25, 0.3) is 0 Å². The number of hydrogen-bond acceptors (Lipinski definition) is 8. The molecule has 0 aromatic heterocycles. The van der Waals surface area contributed by atoms with E-state index < -0.39 is 17.7 Å². The molecule has 9 nitrogen and oxygen atoms in total. The van der Waals surface area contributed by atoms with E-state index in [9.17, 15) is 14.6 Å². The minimum Gasteiger partial charge on any atom is -0.489 e. The van der Waals surface area contributed by atoms with E-state index in [1.807, 2.05) is 30.0 Å². The van der Waals surface area contributed by atoms with Crippen molar-refractivity contribution in [3.05, 3.63) is 132 Å². The van der Waals surface area contributed by atoms with E-state index in [1.165, 1.54) is 44.6 Å². The molecule has 1 fully saturated rings. The number of rotatable bonds is 29. The Morgan fingerprint density at radius 3 is 2.32 bits per heavy atom. The van der Waals surface area contributed by atoms with Crippen LogP contribution in [-0.4, -0.2) is 65.0 Å². The summed E-state index contributed by atoms with van der Waals surface area (Å²) in [6.07, 6.45) is 19.8. The first-order valence-electron chi connectivity index (χ1n) is 26.2. The molecule has 10 heteroatoms. The van der Waals surface area contributed by atoms with Gasteiger partial charge in [0.15, 0.2) is 0 Å². The highest BCUT2D eigenvalue weighted by atomic mass is 19.1. The first kappa shape index (κ1) is 51.8. The van der Waals surface area contributed by atoms with Gasteiger partial charge >= 0.3 is 0 Å². The third-order valence-corrected chi connectivity index (χ3v) is 14.7. The van der Waals surface area contributed by atoms with Crippen LogP contribution in [-0.2, 0) is 27.5 Å². The lowest BCUT2D eigenvalue weighted by molar-refractivity contribution is -0.258. The number of ether oxygens (including phenoxy) is 3. The fourth-order valence-corrected chi connectivity index (χ4v) is 11.4. The van der Waals surface area contributed by atoms with Crippen LogP contribution in [0.1, 0.15) is 146 Å². The first-order chi connectivity index (χ1) is 33.9. The second kappa shape index (κ2) is 26.3. The van der Waals surface area contributed by atoms with E-state index in [1.54, 1.807) is 24.3 Å². The number of allylic oxidation sites excluding steroid dienone is 1. The van der Waals surface area contributed by atoms with Gasteiger partial charge in [0.1, 0.15) is 36.6 Å². The highest BCUT2D eigenvalue weighted by Gasteiger charge is 2.65. The number of aliphatic hydroxyl groups excluding tert-OH is 2. The van der Waals surface area contributed by atoms with Crippen molar-refractivity contribution in [2.24, 2.45) is 22.9 Å². The van der Waals surface area contributed by atoms with Crippen LogP contribution < -0.4 is 9.47 Å². The largest absolute Gasteiger partial charge is 0.489 e. The van der Waals surface area contributed by atoms with Crippen LogP contribution in [0.3, 0.4) is 0 Å². The van der Waals surface area contributed by atoms with Gasteiger partial charge in [0.05, 0.1) is 18.2 Å². The van der Waals surface area contributed by atoms with Gasteiger partial charge in [0, 0.05) is 49.6 Å². The fourth-order valence-electron chi connectivity index (χ4n) is 11.4. The van der Waals surface area contributed by atoms with Crippen LogP contribution in [0.25, 0.3) is 10.8 Å². The standard InChI is InChI=1S/C59H77FN2O7/c1-4-7-8-9-10-11-12-13-14-32-56(65)62(41-45-28-23-27-43-24-15-17-29-48(43)45)55-40-53(61-68-6-3)50-38-44(25-19-21-35-63)49(30-20-22-36-64)57-51-39-47(66-42-46-26-16-18-31-52(46)60)33-34-54(51)69-59(55,58(50)57)67-37-5-2/h5,15-18,23-24,26-29,31,33-34,38-39,44,49,55,57-58,63-64H,2,4,6-14,19-22,25,30,32,35-37,40-42H2,1,3H3/t44-,49+,55-,57+,58+,59+/m0/s1. The van der Waals surface area contributed by atoms with Crippen LogP contribution in [0.2, 0.25) is 0 Å². The monoisotopic (exact) mass is 945 g/mol. The molecule has 0 unspecified atom stereocenters. The second-order valence-electron chi connectivity index (χ2n) is 19.3. The smallest absolute Gasteiger partial charge is 0.239 e. The summed E-state index contributed by atoms with van der Waals surface area (Å²) in [5.41, 5.74) is 4.21. The molecule has 0 spiro atoms. The van der Waals surface area contributed by atoms with E-state index in [4.69, 9.17) is 24.2 Å². The predicted octanol–water partition coefficient (Wildman–Crippen LogP) is 13.2. The third kappa shape index (κ3) is 12.7. The number of carbonyl (C=O) groups excluding carboxylic acids is 1. The molecular formula is C59H77FN2O7. The molecule has 1 amide bonds. The summed E-state index contributed by atoms with van der Waals surface area (Å²) < 4.78 is 36.1. The molecule has 0 radical (unpaired) electrons. The molecule has 2 aliphatic carbocycles. The topological polar surface area (TPSA) is 110 Å². The number of halogens is 1. The van der Waals surface area contributed by atoms with E-state index in [-0.39, 0.29) is 55.9 Å². The van der Waals surface area contributed by atoms with E-state index >= 15 is 4.79 Å². The summed E-state index contributed by atoms with van der Waals surface area (Å²) in [5.74, 6) is -0.960. The lowest BCUT2D eigenvalue weighted by Crippen LogP contribution is -2.70. The molecule has 0 bridgehead atoms. The number of oxime groups is 1. The Kier molecular flexibility index (Phi) is 19.7. The summed E-state index contributed by atoms with van der Waals surface area (Å²) in [6.45, 7) is 9.44. The van der Waals surface area contributed by atoms with Crippen molar-refractivity contribution in [3.8, 4) is 11.5 Å². The number of hydrogen-bond donors (Lipinski definition) is 2. The second-order valence-corrected chi connectivity index (χ2v) is 19.3. The zero-order chi connectivity index (χ0) is 48.4. The van der Waals surface area contributed by atoms with E-state index in [2.05, 4.69) is 62.0 Å². The molecule has 1 heterocycles. The fraction of sp³-hybridized carbons (Fsp3) is 0.525. The maximum atomic E-state index is 15.4. The number of fused-ring (bicyclic) bond motifs is 3. The highest BCUT2D eigenvalue weighted by Crippen LogP contribution is 2.62. The van der Waals surface area contributed by atoms with Gasteiger partial charge in [-0.05, 0) is 97.0 Å². The Bertz CT molecular complexity index is 2330. The van der Waals surface area contributed by atoms with Gasteiger partial charge in [-0.1, -0.05) is 149 Å². The molecule has 1 saturated carbocycles. The Hall–Kier alpha value is -5.03. The molecule has 0 saturated heterocycles. The van der Waals surface area contributed by atoms with Gasteiger partial charge in [-0.2, -0.15) is 0 Å². The van der Waals surface area contributed by atoms with Gasteiger partial charge in [-0.3, -0.25) is 4.79 Å². The quantitative estimate of drug-likeness (QED) is 0.0317. The van der Waals surface area contributed by atoms with E-state index in [0.29, 0.717) is 55.9 Å². The van der Waals surface area contributed by atoms with E-state index in [0.717, 1.165) is 78.1 Å². The number of carbonyl (C=O) groups is 1. The van der Waals surface area contributed by atoms with Crippen LogP contribution in [0, 0.1) is 23.6 Å². The zero-order valence-corrected chi connectivity index (χ0v) is 41.3. The molecule has 372 valence electrons. The summed E-state index contributed by atoms with van der Waals surface area (Å²) in [4.78, 5) is 23.5. The third-order valence-electron chi connectivity index (χ3n) is 14.7. The number of benzene rings is 4. The Labute approximate surface area is 410 Å². The molecule has 3 aliphatic rings. The lowest BCUT2D eigenvalue weighted by Gasteiger charge is -2.60. The van der Waals surface area contributed by atoms with Crippen LogP contribution in [0.5, 0.6) is 11.5 Å². The Morgan fingerprint density at radius 1 is 0.855 bits per heavy atom. The van der Waals surface area contributed by atoms with Crippen molar-refractivity contribution in [2.45, 2.75) is 154 Å². The molecule has 69 heavy (non-hydrogen) atoms. The van der Waals surface area contributed by atoms with Crippen LogP contribution in [0.15, 0.2) is 114 Å². The van der Waals surface area contributed by atoms with Crippen molar-refractivity contribution in [1.29, 1.82) is 0 Å². The molecule has 7 rings (SSSR count). The highest BCUT2D eigenvalue weighted by molar-refractivity contribution is 6.03. The average molecular weight is 945 g/mol. The minimum atomic E-state index is -1.39. The predicted molar refractivity (Wildman–Crippen MR) is 274 cm³/mol. The molecule has 1 aliphatic heterocycles. The molecule has 6 atom stereocenters. The SMILES string of the molecule is C=CCO[C@@]12Oc3ccc(OCc4ccccc4F)cc3[C@H]3[C@H](CCCCO)[C@@H](CCCCO)C=C(C(=NOCC)C[C@@H]1N(Cc1cccc4ccccc14)C(=O)CCCCCCCCCCC)[C@H]32. The van der Waals surface area contributed by atoms with Gasteiger partial charge < -0.3 is 34.2 Å². The van der Waals surface area contributed by atoms with Crippen molar-refractivity contribution < 1.29 is 38.4 Å². The number of unbranched alkanes of at least 4 members (excludes halogenated alkanes) is 10. The maximum absolute atomic E-state index is 15.4. The summed E-state index contributed by atoms with van der Waals surface area (Å²) in [7, 11) is 0. The minimum absolute atomic E-state index is 0.0423. The normalized spacial score (nSPS) is 22.1. The van der Waals surface area contributed by atoms with Crippen molar-refractivity contribution in [2.75, 3.05) is 26.4 Å². The van der Waals surface area contributed by atoms with Crippen molar-refractivity contribution >= 4 is 22.4 Å². The van der Waals surface area contributed by atoms with Crippen molar-refractivity contribution in [1.82, 2.24) is 4.90 Å². The first-order valence-corrected chi connectivity index (χ1v) is 26.2. The number of nitrogens with zero attached hydrogens (tertiary/aromatic N) is 2. The van der Waals surface area contributed by atoms with Crippen LogP contribution >= 0.6 is 0 Å². The summed E-state index contributed by atoms with van der Waals surface area (Å²) >= 11 is 0. The van der Waals surface area contributed by atoms with Crippen LogP contribution in [0.4, 0.5) is 4.39 Å². The average Bonchev–Trinajstić information content (AvgIpc) is 3.37. The van der Waals surface area contributed by atoms with Gasteiger partial charge in [-0.25, -0.2) is 4.39 Å². The molecule has 2 N–H and O–H groups in total. The number of amides is 1. The Morgan fingerprint density at radius 2 is 1.57 bits per heavy atom. The molecule has 4 aromatic carbocycles. The zero-order valence-electron chi connectivity index (χ0n) is 41.3. The maximum Gasteiger partial charge on any atom is 0.239 e. The molecule has 4 aromatic rings. The summed E-state index contributed by atoms with van der Waals surface area (Å²) in [6, 6.07) is 26.5. The lowest BCUT2D eigenvalue weighted by atomic mass is 9.55.